The van der Waals surface area contributed by atoms with E-state index in [0.29, 0.717) is 6.54 Å². The molecule has 3 heteroatoms. The predicted molar refractivity (Wildman–Crippen MR) is 72.0 cm³/mol. The number of anilines is 1. The minimum absolute atomic E-state index is 0.0555. The highest BCUT2D eigenvalue weighted by Gasteiger charge is 2.33. The van der Waals surface area contributed by atoms with Gasteiger partial charge < -0.3 is 11.1 Å². The number of nitrogens with one attached hydrogen (secondary N) is 1. The van der Waals surface area contributed by atoms with Gasteiger partial charge in [0.05, 0.1) is 5.54 Å². The van der Waals surface area contributed by atoms with Crippen LogP contribution in [0.15, 0.2) is 18.3 Å². The first-order chi connectivity index (χ1) is 8.13. The van der Waals surface area contributed by atoms with Crippen molar-refractivity contribution in [2.75, 3.05) is 11.9 Å². The van der Waals surface area contributed by atoms with Crippen LogP contribution in [0.25, 0.3) is 0 Å². The highest BCUT2D eigenvalue weighted by Crippen LogP contribution is 2.33. The summed E-state index contributed by atoms with van der Waals surface area (Å²) in [5.74, 6) is 1.71. The van der Waals surface area contributed by atoms with Gasteiger partial charge in [0, 0.05) is 12.7 Å². The molecule has 0 amide bonds. The van der Waals surface area contributed by atoms with Crippen molar-refractivity contribution in [3.63, 3.8) is 0 Å². The molecule has 0 spiro atoms. The normalized spacial score (nSPS) is 29.0. The Morgan fingerprint density at radius 3 is 2.94 bits per heavy atom. The first kappa shape index (κ1) is 12.4. The number of aromatic nitrogens is 1. The molecule has 1 saturated carbocycles. The van der Waals surface area contributed by atoms with Crippen molar-refractivity contribution in [2.24, 2.45) is 11.7 Å². The molecule has 0 aliphatic heterocycles. The van der Waals surface area contributed by atoms with E-state index in [1.165, 1.54) is 18.4 Å². The van der Waals surface area contributed by atoms with Crippen LogP contribution in [0.5, 0.6) is 0 Å². The summed E-state index contributed by atoms with van der Waals surface area (Å²) in [5.41, 5.74) is 7.23. The molecule has 0 saturated heterocycles. The predicted octanol–water partition coefficient (Wildman–Crippen LogP) is 2.71. The van der Waals surface area contributed by atoms with Gasteiger partial charge in [-0.1, -0.05) is 25.8 Å². The average molecular weight is 233 g/mol. The summed E-state index contributed by atoms with van der Waals surface area (Å²) in [7, 11) is 0. The first-order valence-corrected chi connectivity index (χ1v) is 6.54. The molecule has 0 radical (unpaired) electrons. The Balaban J connectivity index is 2.10. The van der Waals surface area contributed by atoms with Crippen molar-refractivity contribution in [2.45, 2.75) is 45.1 Å². The van der Waals surface area contributed by atoms with E-state index in [1.807, 2.05) is 12.3 Å². The quantitative estimate of drug-likeness (QED) is 0.844. The standard InChI is InChI=1S/C14H23N3/c1-11-4-3-7-14(8-11,10-15)17-13-6-5-12(2)9-16-13/h5-6,9,11H,3-4,7-8,10,15H2,1-2H3,(H,16,17). The van der Waals surface area contributed by atoms with E-state index in [9.17, 15) is 0 Å². The maximum Gasteiger partial charge on any atom is 0.126 e. The first-order valence-electron chi connectivity index (χ1n) is 6.54. The number of rotatable bonds is 3. The summed E-state index contributed by atoms with van der Waals surface area (Å²) in [4.78, 5) is 4.42. The van der Waals surface area contributed by atoms with Crippen molar-refractivity contribution >= 4 is 5.82 Å². The number of nitrogens with two attached hydrogens (primary N) is 1. The number of hydrogen-bond acceptors (Lipinski definition) is 3. The number of nitrogens with zero attached hydrogens (tertiary/aromatic N) is 1. The Labute approximate surface area is 104 Å². The van der Waals surface area contributed by atoms with E-state index in [1.54, 1.807) is 0 Å². The molecule has 1 aromatic heterocycles. The molecule has 17 heavy (non-hydrogen) atoms. The Morgan fingerprint density at radius 1 is 1.53 bits per heavy atom. The van der Waals surface area contributed by atoms with E-state index >= 15 is 0 Å². The fourth-order valence-corrected chi connectivity index (χ4v) is 2.82. The van der Waals surface area contributed by atoms with Crippen LogP contribution >= 0.6 is 0 Å². The molecule has 1 aromatic rings. The molecule has 0 aromatic carbocycles. The van der Waals surface area contributed by atoms with Gasteiger partial charge in [0.1, 0.15) is 5.82 Å². The van der Waals surface area contributed by atoms with Crippen LogP contribution in [-0.2, 0) is 0 Å². The van der Waals surface area contributed by atoms with Crippen molar-refractivity contribution < 1.29 is 0 Å². The summed E-state index contributed by atoms with van der Waals surface area (Å²) < 4.78 is 0. The van der Waals surface area contributed by atoms with Gasteiger partial charge in [-0.15, -0.1) is 0 Å². The Hall–Kier alpha value is -1.09. The summed E-state index contributed by atoms with van der Waals surface area (Å²) >= 11 is 0. The molecule has 2 atom stereocenters. The monoisotopic (exact) mass is 233 g/mol. The van der Waals surface area contributed by atoms with Gasteiger partial charge in [-0.2, -0.15) is 0 Å². The van der Waals surface area contributed by atoms with E-state index < -0.39 is 0 Å². The van der Waals surface area contributed by atoms with Crippen LogP contribution in [0.1, 0.15) is 38.2 Å². The van der Waals surface area contributed by atoms with Crippen LogP contribution in [-0.4, -0.2) is 17.1 Å². The summed E-state index contributed by atoms with van der Waals surface area (Å²) in [5, 5.41) is 3.57. The van der Waals surface area contributed by atoms with Crippen LogP contribution in [0, 0.1) is 12.8 Å². The maximum absolute atomic E-state index is 5.99. The Kier molecular flexibility index (Phi) is 3.67. The van der Waals surface area contributed by atoms with Gasteiger partial charge in [0.25, 0.3) is 0 Å². The molecular weight excluding hydrogens is 210 g/mol. The zero-order valence-corrected chi connectivity index (χ0v) is 10.9. The van der Waals surface area contributed by atoms with Gasteiger partial charge in [0.2, 0.25) is 0 Å². The largest absolute Gasteiger partial charge is 0.363 e. The minimum atomic E-state index is 0.0555. The second-order valence-corrected chi connectivity index (χ2v) is 5.53. The molecule has 0 bridgehead atoms. The molecule has 1 aliphatic carbocycles. The molecule has 2 unspecified atom stereocenters. The molecular formula is C14H23N3. The third kappa shape index (κ3) is 2.97. The lowest BCUT2D eigenvalue weighted by molar-refractivity contribution is 0.263. The lowest BCUT2D eigenvalue weighted by Gasteiger charge is -2.40. The topological polar surface area (TPSA) is 50.9 Å². The fourth-order valence-electron chi connectivity index (χ4n) is 2.82. The third-order valence-corrected chi connectivity index (χ3v) is 3.79. The van der Waals surface area contributed by atoms with Gasteiger partial charge in [-0.25, -0.2) is 4.98 Å². The molecule has 1 aliphatic rings. The number of pyridine rings is 1. The molecule has 94 valence electrons. The van der Waals surface area contributed by atoms with Crippen molar-refractivity contribution in [3.05, 3.63) is 23.9 Å². The van der Waals surface area contributed by atoms with Gasteiger partial charge in [-0.3, -0.25) is 0 Å². The highest BCUT2D eigenvalue weighted by atomic mass is 15.1. The minimum Gasteiger partial charge on any atom is -0.363 e. The van der Waals surface area contributed by atoms with Crippen LogP contribution in [0.4, 0.5) is 5.82 Å². The third-order valence-electron chi connectivity index (χ3n) is 3.79. The zero-order valence-electron chi connectivity index (χ0n) is 10.9. The van der Waals surface area contributed by atoms with Crippen molar-refractivity contribution in [3.8, 4) is 0 Å². The van der Waals surface area contributed by atoms with Gasteiger partial charge in [-0.05, 0) is 37.3 Å². The molecule has 3 nitrogen and oxygen atoms in total. The summed E-state index contributed by atoms with van der Waals surface area (Å²) in [6, 6.07) is 4.14. The zero-order chi connectivity index (χ0) is 12.3. The summed E-state index contributed by atoms with van der Waals surface area (Å²) in [6.45, 7) is 5.05. The van der Waals surface area contributed by atoms with E-state index in [2.05, 4.69) is 30.2 Å². The Bertz CT molecular complexity index is 360. The molecule has 1 fully saturated rings. The van der Waals surface area contributed by atoms with E-state index in [0.717, 1.165) is 24.6 Å². The highest BCUT2D eigenvalue weighted by molar-refractivity contribution is 5.39. The number of aryl methyl sites for hydroxylation is 1. The average Bonchev–Trinajstić information content (AvgIpc) is 2.32. The lowest BCUT2D eigenvalue weighted by atomic mass is 9.76. The summed E-state index contributed by atoms with van der Waals surface area (Å²) in [6.07, 6.45) is 6.79. The van der Waals surface area contributed by atoms with E-state index in [4.69, 9.17) is 5.73 Å². The SMILES string of the molecule is Cc1ccc(NC2(CN)CCCC(C)C2)nc1. The second kappa shape index (κ2) is 5.05. The van der Waals surface area contributed by atoms with Gasteiger partial charge >= 0.3 is 0 Å². The molecule has 1 heterocycles. The number of hydrogen-bond donors (Lipinski definition) is 2. The van der Waals surface area contributed by atoms with Crippen LogP contribution < -0.4 is 11.1 Å². The van der Waals surface area contributed by atoms with E-state index in [-0.39, 0.29) is 5.54 Å². The second-order valence-electron chi connectivity index (χ2n) is 5.53. The molecule has 3 N–H and O–H groups in total. The lowest BCUT2D eigenvalue weighted by Crippen LogP contribution is -2.48. The van der Waals surface area contributed by atoms with Crippen molar-refractivity contribution in [1.82, 2.24) is 4.98 Å². The van der Waals surface area contributed by atoms with Crippen molar-refractivity contribution in [1.29, 1.82) is 0 Å². The maximum atomic E-state index is 5.99. The smallest absolute Gasteiger partial charge is 0.126 e. The fraction of sp³-hybridized carbons (Fsp3) is 0.643. The van der Waals surface area contributed by atoms with Crippen LogP contribution in [0.3, 0.4) is 0 Å². The van der Waals surface area contributed by atoms with Crippen LogP contribution in [0.2, 0.25) is 0 Å². The van der Waals surface area contributed by atoms with Gasteiger partial charge in [0.15, 0.2) is 0 Å². The molecule has 2 rings (SSSR count). The Morgan fingerprint density at radius 2 is 2.35 bits per heavy atom.